The van der Waals surface area contributed by atoms with Gasteiger partial charge in [-0.05, 0) is 33.1 Å². The number of rotatable bonds is 38. The molecule has 1 rings (SSSR count). The van der Waals surface area contributed by atoms with E-state index in [0.29, 0.717) is 25.5 Å². The molecule has 0 saturated carbocycles. The lowest BCUT2D eigenvalue weighted by atomic mass is 9.90. The summed E-state index contributed by atoms with van der Waals surface area (Å²) in [7, 11) is 0. The summed E-state index contributed by atoms with van der Waals surface area (Å²) in [6.07, 6.45) is 22.6. The molecule has 0 aromatic carbocycles. The van der Waals surface area contributed by atoms with Crippen molar-refractivity contribution in [3.8, 4) is 0 Å². The number of aldehydes is 2. The van der Waals surface area contributed by atoms with Crippen LogP contribution in [0, 0.1) is 5.92 Å². The second-order valence-electron chi connectivity index (χ2n) is 16.8. The Labute approximate surface area is 355 Å². The third kappa shape index (κ3) is 26.3. The Hall–Kier alpha value is -2.74. The molecular weight excluding hydrogens is 757 g/mol. The van der Waals surface area contributed by atoms with Crippen LogP contribution < -0.4 is 10.6 Å². The molecule has 0 aliphatic carbocycles. The van der Waals surface area contributed by atoms with E-state index in [-0.39, 0.29) is 12.2 Å². The van der Waals surface area contributed by atoms with Crippen LogP contribution in [0.5, 0.6) is 0 Å². The van der Waals surface area contributed by atoms with Crippen LogP contribution in [0.1, 0.15) is 201 Å². The van der Waals surface area contributed by atoms with Crippen molar-refractivity contribution in [2.45, 2.75) is 244 Å². The number of aliphatic hydroxyl groups excluding tert-OH is 2. The predicted octanol–water partition coefficient (Wildman–Crippen LogP) is 7.53. The summed E-state index contributed by atoms with van der Waals surface area (Å²) >= 11 is 0. The molecule has 1 aliphatic rings. The minimum atomic E-state index is -1.66. The number of ketones is 1. The topological polar surface area (TPSA) is 195 Å². The van der Waals surface area contributed by atoms with Crippen molar-refractivity contribution < 1.29 is 53.2 Å². The van der Waals surface area contributed by atoms with Crippen LogP contribution in [0.3, 0.4) is 0 Å². The second kappa shape index (κ2) is 34.9. The molecule has 13 nitrogen and oxygen atoms in total. The zero-order chi connectivity index (χ0) is 43.7. The summed E-state index contributed by atoms with van der Waals surface area (Å²) < 4.78 is 16.9. The van der Waals surface area contributed by atoms with E-state index in [9.17, 15) is 39.0 Å². The maximum atomic E-state index is 13.5. The van der Waals surface area contributed by atoms with Gasteiger partial charge in [-0.1, -0.05) is 142 Å². The van der Waals surface area contributed by atoms with E-state index >= 15 is 0 Å². The van der Waals surface area contributed by atoms with Crippen molar-refractivity contribution in [1.82, 2.24) is 10.6 Å². The fourth-order valence-corrected chi connectivity index (χ4v) is 7.66. The summed E-state index contributed by atoms with van der Waals surface area (Å²) in [6.45, 7) is 5.89. The van der Waals surface area contributed by atoms with Crippen molar-refractivity contribution in [2.75, 3.05) is 6.61 Å². The molecule has 1 heterocycles. The molecule has 0 aromatic rings. The zero-order valence-corrected chi connectivity index (χ0v) is 37.1. The molecule has 0 radical (unpaired) electrons. The standard InChI is InChI=1S/C46H82N2O11/c1-5-6-7-8-9-10-11-12-15-18-21-24-27-30-39(52)38(29-26-23-20-17-14-13-16-19-22-25-28-31-49)32-41(53)57-34-40-43(54)44(42(46(56)59-40)48-37(4)51)58-36(3)45(55)47-35(2)33-50/h31,33,35-36,38,40,42-44,46,54,56H,5-30,32,34H2,1-4H3,(H,47,55)(H,48,51)/t35-,36?,38+,40+,42+,43+,44-,46?/m0/s1. The van der Waals surface area contributed by atoms with Crippen LogP contribution in [-0.2, 0) is 43.0 Å². The van der Waals surface area contributed by atoms with Gasteiger partial charge in [0.15, 0.2) is 6.29 Å². The first-order chi connectivity index (χ1) is 28.4. The minimum Gasteiger partial charge on any atom is -0.463 e. The van der Waals surface area contributed by atoms with Crippen molar-refractivity contribution in [3.63, 3.8) is 0 Å². The molecule has 0 aromatic heterocycles. The quantitative estimate of drug-likeness (QED) is 0.0273. The van der Waals surface area contributed by atoms with Gasteiger partial charge in [-0.15, -0.1) is 0 Å². The van der Waals surface area contributed by atoms with Gasteiger partial charge < -0.3 is 44.6 Å². The first-order valence-electron chi connectivity index (χ1n) is 23.3. The van der Waals surface area contributed by atoms with Gasteiger partial charge in [0, 0.05) is 25.7 Å². The predicted molar refractivity (Wildman–Crippen MR) is 228 cm³/mol. The highest BCUT2D eigenvalue weighted by molar-refractivity contribution is 5.85. The summed E-state index contributed by atoms with van der Waals surface area (Å²) in [5.74, 6) is -2.23. The monoisotopic (exact) mass is 839 g/mol. The minimum absolute atomic E-state index is 0.0618. The van der Waals surface area contributed by atoms with Crippen molar-refractivity contribution >= 4 is 36.1 Å². The van der Waals surface area contributed by atoms with Crippen LogP contribution in [0.4, 0.5) is 0 Å². The maximum absolute atomic E-state index is 13.5. The Morgan fingerprint density at radius 3 is 1.75 bits per heavy atom. The van der Waals surface area contributed by atoms with E-state index in [0.717, 1.165) is 76.9 Å². The Kier molecular flexibility index (Phi) is 32.1. The third-order valence-electron chi connectivity index (χ3n) is 11.3. The first kappa shape index (κ1) is 54.3. The number of nitrogens with one attached hydrogen (secondary N) is 2. The lowest BCUT2D eigenvalue weighted by Gasteiger charge is -2.43. The SMILES string of the molecule is CCCCCCCCCCCCCCCC(=O)[C@H](CCCCCCCCCCCCC=O)CC(=O)OC[C@H]1OC(O)[C@H](NC(C)=O)[C@H](OC(C)C(=O)N[C@@H](C)C=O)[C@@H]1O. The van der Waals surface area contributed by atoms with Crippen LogP contribution in [-0.4, -0.2) is 95.7 Å². The zero-order valence-electron chi connectivity index (χ0n) is 37.1. The smallest absolute Gasteiger partial charge is 0.306 e. The number of Topliss-reactive ketones (excluding diaryl/α,β-unsaturated/α-hetero) is 1. The number of hydrogen-bond acceptors (Lipinski definition) is 11. The Morgan fingerprint density at radius 2 is 1.24 bits per heavy atom. The fourth-order valence-electron chi connectivity index (χ4n) is 7.66. The van der Waals surface area contributed by atoms with Crippen molar-refractivity contribution in [3.05, 3.63) is 0 Å². The van der Waals surface area contributed by atoms with E-state index in [1.54, 1.807) is 0 Å². The molecular formula is C46H82N2O11. The number of aliphatic hydroxyl groups is 2. The van der Waals surface area contributed by atoms with Crippen LogP contribution in [0.15, 0.2) is 0 Å². The fraction of sp³-hybridized carbons (Fsp3) is 0.870. The number of hydrogen-bond donors (Lipinski definition) is 4. The molecule has 342 valence electrons. The van der Waals surface area contributed by atoms with Gasteiger partial charge in [-0.25, -0.2) is 0 Å². The molecule has 8 atom stereocenters. The molecule has 4 N–H and O–H groups in total. The van der Waals surface area contributed by atoms with Gasteiger partial charge in [0.2, 0.25) is 11.8 Å². The molecule has 1 saturated heterocycles. The summed E-state index contributed by atoms with van der Waals surface area (Å²) in [5.41, 5.74) is 0. The molecule has 1 aliphatic heterocycles. The van der Waals surface area contributed by atoms with Crippen molar-refractivity contribution in [1.29, 1.82) is 0 Å². The van der Waals surface area contributed by atoms with Crippen LogP contribution in [0.2, 0.25) is 0 Å². The van der Waals surface area contributed by atoms with E-state index in [1.165, 1.54) is 97.8 Å². The molecule has 0 bridgehead atoms. The Balaban J connectivity index is 2.71. The summed E-state index contributed by atoms with van der Waals surface area (Å²) in [5, 5.41) is 27.0. The van der Waals surface area contributed by atoms with Crippen molar-refractivity contribution in [2.24, 2.45) is 5.92 Å². The molecule has 2 amide bonds. The molecule has 2 unspecified atom stereocenters. The molecule has 13 heteroatoms. The maximum Gasteiger partial charge on any atom is 0.306 e. The van der Waals surface area contributed by atoms with Gasteiger partial charge in [0.25, 0.3) is 0 Å². The van der Waals surface area contributed by atoms with Gasteiger partial charge in [-0.2, -0.15) is 0 Å². The number of esters is 1. The van der Waals surface area contributed by atoms with Gasteiger partial charge in [0.05, 0.1) is 12.5 Å². The number of amides is 2. The van der Waals surface area contributed by atoms with Gasteiger partial charge >= 0.3 is 5.97 Å². The number of unbranched alkanes of at least 4 members (excludes halogenated alkanes) is 22. The molecule has 0 spiro atoms. The summed E-state index contributed by atoms with van der Waals surface area (Å²) in [4.78, 5) is 72.7. The summed E-state index contributed by atoms with van der Waals surface area (Å²) in [6, 6.07) is -2.03. The lowest BCUT2D eigenvalue weighted by Crippen LogP contribution is -2.65. The average molecular weight is 839 g/mol. The van der Waals surface area contributed by atoms with Gasteiger partial charge in [-0.3, -0.25) is 19.2 Å². The van der Waals surface area contributed by atoms with Gasteiger partial charge in [0.1, 0.15) is 55.4 Å². The number of carbonyl (C=O) groups is 6. The Morgan fingerprint density at radius 1 is 0.729 bits per heavy atom. The molecule has 1 fully saturated rings. The highest BCUT2D eigenvalue weighted by atomic mass is 16.6. The third-order valence-corrected chi connectivity index (χ3v) is 11.3. The highest BCUT2D eigenvalue weighted by Gasteiger charge is 2.47. The molecule has 59 heavy (non-hydrogen) atoms. The lowest BCUT2D eigenvalue weighted by molar-refractivity contribution is -0.267. The normalized spacial score (nSPS) is 20.6. The second-order valence-corrected chi connectivity index (χ2v) is 16.8. The van der Waals surface area contributed by atoms with E-state index in [1.807, 2.05) is 0 Å². The van der Waals surface area contributed by atoms with E-state index < -0.39 is 73.1 Å². The number of carbonyl (C=O) groups excluding carboxylic acids is 6. The van der Waals surface area contributed by atoms with Crippen LogP contribution in [0.25, 0.3) is 0 Å². The average Bonchev–Trinajstić information content (AvgIpc) is 3.21. The van der Waals surface area contributed by atoms with E-state index in [2.05, 4.69) is 17.6 Å². The largest absolute Gasteiger partial charge is 0.463 e. The highest BCUT2D eigenvalue weighted by Crippen LogP contribution is 2.26. The first-order valence-corrected chi connectivity index (χ1v) is 23.3. The number of ether oxygens (including phenoxy) is 3. The Bertz CT molecular complexity index is 1150. The van der Waals surface area contributed by atoms with Crippen LogP contribution >= 0.6 is 0 Å². The van der Waals surface area contributed by atoms with E-state index in [4.69, 9.17) is 14.2 Å².